The van der Waals surface area contributed by atoms with Crippen LogP contribution in [0.15, 0.2) is 18.2 Å². The second-order valence-corrected chi connectivity index (χ2v) is 5.58. The van der Waals surface area contributed by atoms with Gasteiger partial charge < -0.3 is 0 Å². The van der Waals surface area contributed by atoms with Crippen LogP contribution in [-0.4, -0.2) is 9.59 Å². The van der Waals surface area contributed by atoms with E-state index < -0.39 is 0 Å². The Labute approximate surface area is 118 Å². The number of rotatable bonds is 5. The molecule has 0 amide bonds. The molecule has 5 heteroatoms. The van der Waals surface area contributed by atoms with Crippen LogP contribution in [0.25, 0.3) is 0 Å². The Morgan fingerprint density at radius 3 is 2.79 bits per heavy atom. The topological polar surface area (TPSA) is 63.8 Å². The number of hydrogen-bond donors (Lipinski definition) is 2. The molecule has 1 atom stereocenters. The number of hydrogen-bond acceptors (Lipinski definition) is 5. The van der Waals surface area contributed by atoms with Gasteiger partial charge in [-0.25, -0.2) is 5.43 Å². The number of benzene rings is 1. The molecule has 0 spiro atoms. The van der Waals surface area contributed by atoms with Crippen LogP contribution in [0, 0.1) is 13.8 Å². The largest absolute Gasteiger partial charge is 0.271 e. The van der Waals surface area contributed by atoms with Crippen molar-refractivity contribution in [2.45, 2.75) is 39.7 Å². The highest BCUT2D eigenvalue weighted by atomic mass is 32.1. The molecule has 0 aliphatic heterocycles. The number of aromatic nitrogens is 2. The summed E-state index contributed by atoms with van der Waals surface area (Å²) in [6.45, 7) is 6.35. The van der Waals surface area contributed by atoms with Gasteiger partial charge in [0.2, 0.25) is 0 Å². The molecule has 19 heavy (non-hydrogen) atoms. The minimum atomic E-state index is -0.0258. The standard InChI is InChI=1S/C14H20N4S/c1-4-5-12-14(19-18-17-12)13(16-15)11-7-6-9(2)8-10(11)3/h6-8,13,16H,4-5,15H2,1-3H3. The van der Waals surface area contributed by atoms with Crippen molar-refractivity contribution in [2.75, 3.05) is 0 Å². The fourth-order valence-corrected chi connectivity index (χ4v) is 3.08. The molecule has 3 N–H and O–H groups in total. The fraction of sp³-hybridized carbons (Fsp3) is 0.429. The lowest BCUT2D eigenvalue weighted by molar-refractivity contribution is 0.633. The molecule has 4 nitrogen and oxygen atoms in total. The van der Waals surface area contributed by atoms with Gasteiger partial charge in [0.1, 0.15) is 0 Å². The van der Waals surface area contributed by atoms with Crippen molar-refractivity contribution < 1.29 is 0 Å². The van der Waals surface area contributed by atoms with Gasteiger partial charge in [0.15, 0.2) is 0 Å². The van der Waals surface area contributed by atoms with Crippen molar-refractivity contribution in [3.8, 4) is 0 Å². The molecule has 0 saturated carbocycles. The molecular weight excluding hydrogens is 256 g/mol. The summed E-state index contributed by atoms with van der Waals surface area (Å²) in [6, 6.07) is 6.39. The van der Waals surface area contributed by atoms with Crippen molar-refractivity contribution in [2.24, 2.45) is 5.84 Å². The molecule has 0 radical (unpaired) electrons. The summed E-state index contributed by atoms with van der Waals surface area (Å²) in [6.07, 6.45) is 2.00. The maximum Gasteiger partial charge on any atom is 0.0840 e. The van der Waals surface area contributed by atoms with Gasteiger partial charge in [-0.05, 0) is 42.9 Å². The third-order valence-electron chi connectivity index (χ3n) is 3.24. The Kier molecular flexibility index (Phi) is 4.63. The SMILES string of the molecule is CCCc1nnsc1C(NN)c1ccc(C)cc1C. The minimum Gasteiger partial charge on any atom is -0.271 e. The Hall–Kier alpha value is -1.30. The first-order valence-corrected chi connectivity index (χ1v) is 7.29. The summed E-state index contributed by atoms with van der Waals surface area (Å²) in [7, 11) is 0. The van der Waals surface area contributed by atoms with E-state index >= 15 is 0 Å². The molecule has 0 bridgehead atoms. The van der Waals surface area contributed by atoms with Gasteiger partial charge in [-0.2, -0.15) is 0 Å². The highest BCUT2D eigenvalue weighted by molar-refractivity contribution is 7.05. The van der Waals surface area contributed by atoms with Crippen LogP contribution < -0.4 is 11.3 Å². The third-order valence-corrected chi connectivity index (χ3v) is 4.07. The molecule has 0 fully saturated rings. The van der Waals surface area contributed by atoms with Crippen LogP contribution in [-0.2, 0) is 6.42 Å². The predicted molar refractivity (Wildman–Crippen MR) is 79.0 cm³/mol. The molecule has 1 unspecified atom stereocenters. The van der Waals surface area contributed by atoms with E-state index in [2.05, 4.69) is 54.0 Å². The maximum atomic E-state index is 5.77. The summed E-state index contributed by atoms with van der Waals surface area (Å²) >= 11 is 1.43. The molecule has 1 aromatic carbocycles. The first-order chi connectivity index (χ1) is 9.17. The Morgan fingerprint density at radius 2 is 2.16 bits per heavy atom. The molecule has 1 heterocycles. The van der Waals surface area contributed by atoms with Crippen molar-refractivity contribution in [3.05, 3.63) is 45.5 Å². The molecule has 102 valence electrons. The number of nitrogens with two attached hydrogens (primary N) is 1. The molecular formula is C14H20N4S. The second-order valence-electron chi connectivity index (χ2n) is 4.79. The predicted octanol–water partition coefficient (Wildman–Crippen LogP) is 2.66. The van der Waals surface area contributed by atoms with Gasteiger partial charge in [0, 0.05) is 0 Å². The summed E-state index contributed by atoms with van der Waals surface area (Å²) < 4.78 is 4.08. The van der Waals surface area contributed by atoms with E-state index in [0.29, 0.717) is 0 Å². The number of nitrogens with zero attached hydrogens (tertiary/aromatic N) is 2. The second kappa shape index (κ2) is 6.23. The van der Waals surface area contributed by atoms with E-state index in [1.54, 1.807) is 0 Å². The zero-order valence-electron chi connectivity index (χ0n) is 11.6. The van der Waals surface area contributed by atoms with Gasteiger partial charge in [-0.1, -0.05) is 41.6 Å². The van der Waals surface area contributed by atoms with Crippen molar-refractivity contribution in [1.29, 1.82) is 0 Å². The van der Waals surface area contributed by atoms with Gasteiger partial charge in [-0.3, -0.25) is 5.84 Å². The third kappa shape index (κ3) is 3.00. The van der Waals surface area contributed by atoms with Crippen LogP contribution in [0.2, 0.25) is 0 Å². The Bertz CT molecular complexity index is 550. The van der Waals surface area contributed by atoms with E-state index in [1.165, 1.54) is 28.2 Å². The highest BCUT2D eigenvalue weighted by Gasteiger charge is 2.21. The normalized spacial score (nSPS) is 12.6. The van der Waals surface area contributed by atoms with Crippen LogP contribution in [0.3, 0.4) is 0 Å². The summed E-state index contributed by atoms with van der Waals surface area (Å²) in [5, 5.41) is 4.22. The molecule has 2 aromatic rings. The lowest BCUT2D eigenvalue weighted by Gasteiger charge is -2.18. The van der Waals surface area contributed by atoms with Crippen LogP contribution in [0.5, 0.6) is 0 Å². The van der Waals surface area contributed by atoms with E-state index in [9.17, 15) is 0 Å². The molecule has 0 aliphatic carbocycles. The number of hydrazine groups is 1. The Balaban J connectivity index is 2.41. The minimum absolute atomic E-state index is 0.0258. The van der Waals surface area contributed by atoms with Crippen molar-refractivity contribution >= 4 is 11.5 Å². The summed E-state index contributed by atoms with van der Waals surface area (Å²) in [5.74, 6) is 5.77. The van der Waals surface area contributed by atoms with E-state index in [1.807, 2.05) is 0 Å². The van der Waals surface area contributed by atoms with Crippen molar-refractivity contribution in [3.63, 3.8) is 0 Å². The van der Waals surface area contributed by atoms with Crippen molar-refractivity contribution in [1.82, 2.24) is 15.0 Å². The molecule has 2 rings (SSSR count). The fourth-order valence-electron chi connectivity index (χ4n) is 2.30. The summed E-state index contributed by atoms with van der Waals surface area (Å²) in [5.41, 5.74) is 7.65. The van der Waals surface area contributed by atoms with E-state index in [4.69, 9.17) is 5.84 Å². The van der Waals surface area contributed by atoms with Crippen LogP contribution in [0.4, 0.5) is 0 Å². The van der Waals surface area contributed by atoms with Gasteiger partial charge in [0.25, 0.3) is 0 Å². The zero-order chi connectivity index (χ0) is 13.8. The average molecular weight is 276 g/mol. The smallest absolute Gasteiger partial charge is 0.0840 e. The number of aryl methyl sites for hydroxylation is 3. The molecule has 1 aromatic heterocycles. The molecule has 0 aliphatic rings. The Morgan fingerprint density at radius 1 is 1.37 bits per heavy atom. The first-order valence-electron chi connectivity index (χ1n) is 6.51. The highest BCUT2D eigenvalue weighted by Crippen LogP contribution is 2.29. The lowest BCUT2D eigenvalue weighted by atomic mass is 9.97. The average Bonchev–Trinajstić information content (AvgIpc) is 2.82. The maximum absolute atomic E-state index is 5.77. The summed E-state index contributed by atoms with van der Waals surface area (Å²) in [4.78, 5) is 1.12. The van der Waals surface area contributed by atoms with Gasteiger partial charge >= 0.3 is 0 Å². The van der Waals surface area contributed by atoms with Gasteiger partial charge in [0.05, 0.1) is 16.6 Å². The lowest BCUT2D eigenvalue weighted by Crippen LogP contribution is -2.29. The number of nitrogens with one attached hydrogen (secondary N) is 1. The zero-order valence-corrected chi connectivity index (χ0v) is 12.4. The first kappa shape index (κ1) is 14.1. The van der Waals surface area contributed by atoms with E-state index in [0.717, 1.165) is 23.4 Å². The van der Waals surface area contributed by atoms with Gasteiger partial charge in [-0.15, -0.1) is 5.10 Å². The molecule has 0 saturated heterocycles. The van der Waals surface area contributed by atoms with E-state index in [-0.39, 0.29) is 6.04 Å². The van der Waals surface area contributed by atoms with Crippen LogP contribution >= 0.6 is 11.5 Å². The monoisotopic (exact) mass is 276 g/mol. The van der Waals surface area contributed by atoms with Crippen LogP contribution in [0.1, 0.15) is 46.6 Å². The quantitative estimate of drug-likeness (QED) is 0.651.